The average Bonchev–Trinajstić information content (AvgIpc) is 2.76. The van der Waals surface area contributed by atoms with Crippen LogP contribution in [0.1, 0.15) is 48.7 Å². The molecule has 6 heteroatoms. The Morgan fingerprint density at radius 1 is 1.06 bits per heavy atom. The summed E-state index contributed by atoms with van der Waals surface area (Å²) < 4.78 is 5.37. The molecule has 0 radical (unpaired) electrons. The first-order valence-corrected chi connectivity index (χ1v) is 11.3. The topological polar surface area (TPSA) is 53.6 Å². The zero-order valence-electron chi connectivity index (χ0n) is 18.7. The van der Waals surface area contributed by atoms with Crippen LogP contribution in [-0.4, -0.2) is 55.2 Å². The van der Waals surface area contributed by atoms with Gasteiger partial charge in [-0.1, -0.05) is 57.2 Å². The van der Waals surface area contributed by atoms with E-state index in [1.807, 2.05) is 48.5 Å². The molecule has 1 heterocycles. The van der Waals surface area contributed by atoms with Gasteiger partial charge in [0.2, 0.25) is 0 Å². The molecule has 166 valence electrons. The van der Waals surface area contributed by atoms with Crippen molar-refractivity contribution in [1.29, 1.82) is 0 Å². The standard InChI is InChI=1S/C25H33N3O2S/c1-25(2,3)21-10-8-19(9-11-21)23(29)20-6-4-7-22(18-20)27-24(31)26-12-5-13-28-14-16-30-17-15-28/h4,6-11,18H,5,12-17H2,1-3H3,(H2,26,27,31). The molecule has 0 aromatic heterocycles. The second kappa shape index (κ2) is 10.8. The van der Waals surface area contributed by atoms with Crippen LogP contribution in [-0.2, 0) is 10.2 Å². The smallest absolute Gasteiger partial charge is 0.193 e. The van der Waals surface area contributed by atoms with Crippen molar-refractivity contribution in [2.24, 2.45) is 0 Å². The van der Waals surface area contributed by atoms with Crippen LogP contribution < -0.4 is 10.6 Å². The van der Waals surface area contributed by atoms with Gasteiger partial charge >= 0.3 is 0 Å². The first-order valence-electron chi connectivity index (χ1n) is 10.9. The van der Waals surface area contributed by atoms with E-state index in [0.29, 0.717) is 16.2 Å². The molecule has 0 amide bonds. The summed E-state index contributed by atoms with van der Waals surface area (Å²) in [5, 5.41) is 7.01. The van der Waals surface area contributed by atoms with E-state index in [9.17, 15) is 4.79 Å². The molecule has 0 saturated carbocycles. The molecule has 0 aliphatic carbocycles. The van der Waals surface area contributed by atoms with Gasteiger partial charge in [0.25, 0.3) is 0 Å². The Bertz CT molecular complexity index is 884. The summed E-state index contributed by atoms with van der Waals surface area (Å²) in [5.41, 5.74) is 3.42. The summed E-state index contributed by atoms with van der Waals surface area (Å²) in [7, 11) is 0. The Balaban J connectivity index is 1.51. The highest BCUT2D eigenvalue weighted by Gasteiger charge is 2.15. The highest BCUT2D eigenvalue weighted by atomic mass is 32.1. The van der Waals surface area contributed by atoms with E-state index >= 15 is 0 Å². The first-order chi connectivity index (χ1) is 14.8. The number of carbonyl (C=O) groups is 1. The number of carbonyl (C=O) groups excluding carboxylic acids is 1. The van der Waals surface area contributed by atoms with Crippen molar-refractivity contribution in [3.8, 4) is 0 Å². The van der Waals surface area contributed by atoms with E-state index in [4.69, 9.17) is 17.0 Å². The molecule has 0 unspecified atom stereocenters. The SMILES string of the molecule is CC(C)(C)c1ccc(C(=O)c2cccc(NC(=S)NCCCN3CCOCC3)c2)cc1. The molecule has 0 spiro atoms. The van der Waals surface area contributed by atoms with Gasteiger partial charge in [-0.15, -0.1) is 0 Å². The number of benzene rings is 2. The van der Waals surface area contributed by atoms with Gasteiger partial charge in [-0.3, -0.25) is 9.69 Å². The average molecular weight is 440 g/mol. The number of anilines is 1. The summed E-state index contributed by atoms with van der Waals surface area (Å²) in [6.07, 6.45) is 1.02. The van der Waals surface area contributed by atoms with Gasteiger partial charge in [0, 0.05) is 36.4 Å². The highest BCUT2D eigenvalue weighted by molar-refractivity contribution is 7.80. The van der Waals surface area contributed by atoms with Crippen molar-refractivity contribution in [3.05, 3.63) is 65.2 Å². The molecule has 0 atom stereocenters. The Labute approximate surface area is 191 Å². The molecule has 3 rings (SSSR count). The van der Waals surface area contributed by atoms with Crippen LogP contribution in [0.3, 0.4) is 0 Å². The maximum absolute atomic E-state index is 12.9. The third kappa shape index (κ3) is 7.13. The molecule has 0 bridgehead atoms. The molecule has 2 N–H and O–H groups in total. The molecular weight excluding hydrogens is 406 g/mol. The minimum Gasteiger partial charge on any atom is -0.379 e. The Morgan fingerprint density at radius 2 is 1.77 bits per heavy atom. The summed E-state index contributed by atoms with van der Waals surface area (Å²) in [6.45, 7) is 12.0. The van der Waals surface area contributed by atoms with Gasteiger partial charge in [-0.2, -0.15) is 0 Å². The van der Waals surface area contributed by atoms with Crippen LogP contribution in [0.25, 0.3) is 0 Å². The lowest BCUT2D eigenvalue weighted by atomic mass is 9.86. The van der Waals surface area contributed by atoms with Crippen LogP contribution in [0.5, 0.6) is 0 Å². The van der Waals surface area contributed by atoms with Crippen LogP contribution in [0.15, 0.2) is 48.5 Å². The molecule has 1 aliphatic heterocycles. The zero-order valence-corrected chi connectivity index (χ0v) is 19.6. The van der Waals surface area contributed by atoms with E-state index in [2.05, 4.69) is 36.3 Å². The first kappa shape index (κ1) is 23.4. The van der Waals surface area contributed by atoms with E-state index in [1.54, 1.807) is 0 Å². The van der Waals surface area contributed by atoms with Crippen molar-refractivity contribution >= 4 is 28.8 Å². The fourth-order valence-electron chi connectivity index (χ4n) is 3.53. The van der Waals surface area contributed by atoms with Crippen LogP contribution in [0.4, 0.5) is 5.69 Å². The number of ether oxygens (including phenoxy) is 1. The van der Waals surface area contributed by atoms with Crippen LogP contribution in [0.2, 0.25) is 0 Å². The molecule has 1 saturated heterocycles. The lowest BCUT2D eigenvalue weighted by Gasteiger charge is -2.26. The molecule has 31 heavy (non-hydrogen) atoms. The maximum atomic E-state index is 12.9. The van der Waals surface area contributed by atoms with Crippen LogP contribution >= 0.6 is 12.2 Å². The van der Waals surface area contributed by atoms with E-state index in [1.165, 1.54) is 5.56 Å². The highest BCUT2D eigenvalue weighted by Crippen LogP contribution is 2.23. The van der Waals surface area contributed by atoms with Gasteiger partial charge < -0.3 is 15.4 Å². The summed E-state index contributed by atoms with van der Waals surface area (Å²) in [4.78, 5) is 15.3. The summed E-state index contributed by atoms with van der Waals surface area (Å²) in [6, 6.07) is 15.4. The van der Waals surface area contributed by atoms with E-state index in [0.717, 1.165) is 51.5 Å². The number of rotatable bonds is 7. The fourth-order valence-corrected chi connectivity index (χ4v) is 3.75. The molecule has 2 aromatic rings. The predicted molar refractivity (Wildman–Crippen MR) is 131 cm³/mol. The number of ketones is 1. The van der Waals surface area contributed by atoms with Gasteiger partial charge in [0.05, 0.1) is 13.2 Å². The summed E-state index contributed by atoms with van der Waals surface area (Å²) >= 11 is 5.42. The van der Waals surface area contributed by atoms with Gasteiger partial charge in [-0.05, 0) is 48.3 Å². The minimum atomic E-state index is 0.00787. The number of morpholine rings is 1. The number of nitrogens with zero attached hydrogens (tertiary/aromatic N) is 1. The van der Waals surface area contributed by atoms with E-state index in [-0.39, 0.29) is 11.2 Å². The normalized spacial score (nSPS) is 14.8. The van der Waals surface area contributed by atoms with Crippen molar-refractivity contribution in [2.45, 2.75) is 32.6 Å². The quantitative estimate of drug-likeness (QED) is 0.383. The molecular formula is C25H33N3O2S. The summed E-state index contributed by atoms with van der Waals surface area (Å²) in [5.74, 6) is 0.00787. The largest absolute Gasteiger partial charge is 0.379 e. The monoisotopic (exact) mass is 439 g/mol. The lowest BCUT2D eigenvalue weighted by Crippen LogP contribution is -2.38. The van der Waals surface area contributed by atoms with E-state index < -0.39 is 0 Å². The van der Waals surface area contributed by atoms with Crippen molar-refractivity contribution < 1.29 is 9.53 Å². The third-order valence-corrected chi connectivity index (χ3v) is 5.68. The van der Waals surface area contributed by atoms with Gasteiger partial charge in [-0.25, -0.2) is 0 Å². The lowest BCUT2D eigenvalue weighted by molar-refractivity contribution is 0.0376. The molecule has 2 aromatic carbocycles. The Kier molecular flexibility index (Phi) is 8.18. The fraction of sp³-hybridized carbons (Fsp3) is 0.440. The maximum Gasteiger partial charge on any atom is 0.193 e. The number of hydrogen-bond donors (Lipinski definition) is 2. The Morgan fingerprint density at radius 3 is 2.45 bits per heavy atom. The van der Waals surface area contributed by atoms with Gasteiger partial charge in [0.1, 0.15) is 0 Å². The number of nitrogens with one attached hydrogen (secondary N) is 2. The molecule has 1 aliphatic rings. The molecule has 1 fully saturated rings. The van der Waals surface area contributed by atoms with Gasteiger partial charge in [0.15, 0.2) is 10.9 Å². The zero-order chi connectivity index (χ0) is 22.3. The van der Waals surface area contributed by atoms with Crippen LogP contribution in [0, 0.1) is 0 Å². The predicted octanol–water partition coefficient (Wildman–Crippen LogP) is 4.22. The number of hydrogen-bond acceptors (Lipinski definition) is 4. The second-order valence-electron chi connectivity index (χ2n) is 8.93. The number of thiocarbonyl (C=S) groups is 1. The molecule has 5 nitrogen and oxygen atoms in total. The second-order valence-corrected chi connectivity index (χ2v) is 9.33. The Hall–Kier alpha value is -2.28. The van der Waals surface area contributed by atoms with Crippen molar-refractivity contribution in [1.82, 2.24) is 10.2 Å². The van der Waals surface area contributed by atoms with Crippen molar-refractivity contribution in [3.63, 3.8) is 0 Å². The minimum absolute atomic E-state index is 0.00787. The van der Waals surface area contributed by atoms with Crippen molar-refractivity contribution in [2.75, 3.05) is 44.7 Å². The third-order valence-electron chi connectivity index (χ3n) is 5.44.